The molecule has 2 heterocycles. The molecule has 148 valence electrons. The van der Waals surface area contributed by atoms with Gasteiger partial charge < -0.3 is 9.73 Å². The molecule has 1 aliphatic carbocycles. The van der Waals surface area contributed by atoms with E-state index in [9.17, 15) is 18.0 Å². The monoisotopic (exact) mass is 403 g/mol. The Balaban J connectivity index is 1.63. The number of hydrogen-bond donors (Lipinski definition) is 1. The van der Waals surface area contributed by atoms with Crippen LogP contribution in [0.2, 0.25) is 0 Å². The van der Waals surface area contributed by atoms with Gasteiger partial charge in [0, 0.05) is 14.1 Å². The number of rotatable bonds is 4. The fourth-order valence-electron chi connectivity index (χ4n) is 3.87. The Kier molecular flexibility index (Phi) is 4.31. The number of amides is 3. The van der Waals surface area contributed by atoms with Crippen LogP contribution in [0.3, 0.4) is 0 Å². The van der Waals surface area contributed by atoms with Crippen molar-refractivity contribution in [3.63, 3.8) is 0 Å². The van der Waals surface area contributed by atoms with Crippen LogP contribution in [0.25, 0.3) is 0 Å². The molecule has 0 unspecified atom stereocenters. The number of hydrogen-bond acceptors (Lipinski definition) is 5. The number of carbonyl (C=O) groups excluding carboxylic acids is 2. The Morgan fingerprint density at radius 1 is 1.18 bits per heavy atom. The molecule has 1 aromatic heterocycles. The zero-order chi connectivity index (χ0) is 20.1. The molecule has 2 aliphatic rings. The first kappa shape index (κ1) is 18.7. The van der Waals surface area contributed by atoms with Crippen LogP contribution < -0.4 is 5.32 Å². The average Bonchev–Trinajstić information content (AvgIpc) is 3.22. The topological polar surface area (TPSA) is 99.9 Å². The fourth-order valence-corrected chi connectivity index (χ4v) is 4.68. The van der Waals surface area contributed by atoms with Crippen molar-refractivity contribution in [3.05, 3.63) is 53.3 Å². The number of aryl methyl sites for hydroxylation is 1. The third kappa shape index (κ3) is 2.73. The van der Waals surface area contributed by atoms with Gasteiger partial charge in [-0.25, -0.2) is 17.5 Å². The number of carbonyl (C=O) groups is 2. The van der Waals surface area contributed by atoms with Crippen molar-refractivity contribution in [3.8, 4) is 0 Å². The van der Waals surface area contributed by atoms with E-state index < -0.39 is 21.6 Å². The molecule has 1 aromatic carbocycles. The number of fused-ring (bicyclic) bond motifs is 2. The van der Waals surface area contributed by atoms with Crippen LogP contribution in [-0.2, 0) is 33.3 Å². The van der Waals surface area contributed by atoms with Crippen LogP contribution >= 0.6 is 0 Å². The normalized spacial score (nSPS) is 22.0. The van der Waals surface area contributed by atoms with Crippen molar-refractivity contribution in [1.29, 1.82) is 0 Å². The molecular formula is C19H21N3O5S. The minimum atomic E-state index is -3.72. The summed E-state index contributed by atoms with van der Waals surface area (Å²) >= 11 is 0. The van der Waals surface area contributed by atoms with Crippen molar-refractivity contribution in [2.24, 2.45) is 0 Å². The number of imide groups is 1. The van der Waals surface area contributed by atoms with Crippen molar-refractivity contribution in [1.82, 2.24) is 14.5 Å². The van der Waals surface area contributed by atoms with E-state index in [1.165, 1.54) is 26.2 Å². The summed E-state index contributed by atoms with van der Waals surface area (Å²) in [5.74, 6) is -0.108. The number of furan rings is 1. The zero-order valence-corrected chi connectivity index (χ0v) is 16.5. The van der Waals surface area contributed by atoms with Crippen LogP contribution in [0.4, 0.5) is 4.79 Å². The Bertz CT molecular complexity index is 1060. The molecule has 9 heteroatoms. The number of urea groups is 1. The van der Waals surface area contributed by atoms with Gasteiger partial charge in [0.15, 0.2) is 0 Å². The van der Waals surface area contributed by atoms with E-state index >= 15 is 0 Å². The third-order valence-electron chi connectivity index (χ3n) is 5.34. The molecule has 28 heavy (non-hydrogen) atoms. The van der Waals surface area contributed by atoms with Gasteiger partial charge in [0.25, 0.3) is 15.9 Å². The van der Waals surface area contributed by atoms with Gasteiger partial charge in [-0.3, -0.25) is 9.69 Å². The number of nitrogens with zero attached hydrogens (tertiary/aromatic N) is 2. The lowest BCUT2D eigenvalue weighted by Gasteiger charge is -2.33. The molecule has 1 atom stereocenters. The van der Waals surface area contributed by atoms with E-state index in [-0.39, 0.29) is 23.3 Å². The van der Waals surface area contributed by atoms with Crippen molar-refractivity contribution >= 4 is 22.0 Å². The predicted octanol–water partition coefficient (Wildman–Crippen LogP) is 1.81. The summed E-state index contributed by atoms with van der Waals surface area (Å²) in [6.45, 7) is -0.127. The van der Waals surface area contributed by atoms with Gasteiger partial charge in [-0.2, -0.15) is 0 Å². The summed E-state index contributed by atoms with van der Waals surface area (Å²) in [5.41, 5.74) is 0.830. The molecule has 1 aliphatic heterocycles. The standard InChI is InChI=1S/C19H21N3O5S/c1-21(2)28(25,26)16-10-9-14(27-16)12-22-17(23)19(20-18(22)24)11-5-7-13-6-3-4-8-15(13)19/h3-4,6,8-10H,5,7,11-12H2,1-2H3,(H,20,24)/t19-/m0/s1. The highest BCUT2D eigenvalue weighted by Crippen LogP contribution is 2.40. The Morgan fingerprint density at radius 2 is 1.93 bits per heavy atom. The Hall–Kier alpha value is -2.65. The van der Waals surface area contributed by atoms with Crippen LogP contribution in [0.15, 0.2) is 45.9 Å². The molecule has 0 bridgehead atoms. The molecular weight excluding hydrogens is 382 g/mol. The Morgan fingerprint density at radius 3 is 2.68 bits per heavy atom. The van der Waals surface area contributed by atoms with E-state index in [0.717, 1.165) is 33.2 Å². The molecule has 1 N–H and O–H groups in total. The van der Waals surface area contributed by atoms with Crippen molar-refractivity contribution in [2.45, 2.75) is 36.4 Å². The van der Waals surface area contributed by atoms with Gasteiger partial charge in [0.2, 0.25) is 5.09 Å². The summed E-state index contributed by atoms with van der Waals surface area (Å²) in [7, 11) is -0.917. The molecule has 0 saturated carbocycles. The lowest BCUT2D eigenvalue weighted by atomic mass is 9.76. The van der Waals surface area contributed by atoms with Gasteiger partial charge in [0.05, 0.1) is 6.54 Å². The highest BCUT2D eigenvalue weighted by molar-refractivity contribution is 7.88. The molecule has 1 fully saturated rings. The van der Waals surface area contributed by atoms with Crippen LogP contribution in [0.5, 0.6) is 0 Å². The highest BCUT2D eigenvalue weighted by atomic mass is 32.2. The molecule has 0 radical (unpaired) electrons. The first-order valence-electron chi connectivity index (χ1n) is 8.99. The number of nitrogens with one attached hydrogen (secondary N) is 1. The SMILES string of the molecule is CN(C)S(=O)(=O)c1ccc(CN2C(=O)N[C@]3(CCCc4ccccc43)C2=O)o1. The maximum atomic E-state index is 13.2. The second kappa shape index (κ2) is 6.46. The molecule has 1 saturated heterocycles. The van der Waals surface area contributed by atoms with Crippen molar-refractivity contribution < 1.29 is 22.4 Å². The summed E-state index contributed by atoms with van der Waals surface area (Å²) < 4.78 is 30.8. The molecule has 1 spiro atoms. The van der Waals surface area contributed by atoms with Crippen LogP contribution in [-0.4, -0.2) is 43.7 Å². The second-order valence-corrected chi connectivity index (χ2v) is 9.33. The minimum Gasteiger partial charge on any atom is -0.446 e. The third-order valence-corrected chi connectivity index (χ3v) is 7.03. The summed E-state index contributed by atoms with van der Waals surface area (Å²) in [5, 5.41) is 2.65. The van der Waals surface area contributed by atoms with E-state index in [0.29, 0.717) is 6.42 Å². The maximum Gasteiger partial charge on any atom is 0.325 e. The van der Waals surface area contributed by atoms with E-state index in [1.807, 2.05) is 24.3 Å². The second-order valence-electron chi connectivity index (χ2n) is 7.25. The van der Waals surface area contributed by atoms with Crippen LogP contribution in [0, 0.1) is 0 Å². The number of sulfonamides is 1. The van der Waals surface area contributed by atoms with Gasteiger partial charge >= 0.3 is 6.03 Å². The molecule has 4 rings (SSSR count). The largest absolute Gasteiger partial charge is 0.446 e. The molecule has 8 nitrogen and oxygen atoms in total. The molecule has 3 amide bonds. The van der Waals surface area contributed by atoms with Gasteiger partial charge in [-0.1, -0.05) is 24.3 Å². The van der Waals surface area contributed by atoms with Crippen molar-refractivity contribution in [2.75, 3.05) is 14.1 Å². The van der Waals surface area contributed by atoms with Gasteiger partial charge in [-0.15, -0.1) is 0 Å². The first-order valence-corrected chi connectivity index (χ1v) is 10.4. The predicted molar refractivity (Wildman–Crippen MR) is 99.7 cm³/mol. The summed E-state index contributed by atoms with van der Waals surface area (Å²) in [6.07, 6.45) is 2.19. The first-order chi connectivity index (χ1) is 13.3. The summed E-state index contributed by atoms with van der Waals surface area (Å²) in [4.78, 5) is 26.9. The fraction of sp³-hybridized carbons (Fsp3) is 0.368. The lowest BCUT2D eigenvalue weighted by molar-refractivity contribution is -0.132. The Labute approximate surface area is 163 Å². The zero-order valence-electron chi connectivity index (χ0n) is 15.6. The molecule has 2 aromatic rings. The minimum absolute atomic E-state index is 0.127. The van der Waals surface area contributed by atoms with E-state index in [1.54, 1.807) is 0 Å². The van der Waals surface area contributed by atoms with E-state index in [4.69, 9.17) is 4.42 Å². The van der Waals surface area contributed by atoms with Gasteiger partial charge in [0.1, 0.15) is 11.3 Å². The van der Waals surface area contributed by atoms with Crippen LogP contribution in [0.1, 0.15) is 29.7 Å². The number of benzene rings is 1. The average molecular weight is 403 g/mol. The maximum absolute atomic E-state index is 13.2. The smallest absolute Gasteiger partial charge is 0.325 e. The van der Waals surface area contributed by atoms with Gasteiger partial charge in [-0.05, 0) is 42.5 Å². The quantitative estimate of drug-likeness (QED) is 0.785. The highest BCUT2D eigenvalue weighted by Gasteiger charge is 2.54. The summed E-state index contributed by atoms with van der Waals surface area (Å²) in [6, 6.07) is 9.93. The van der Waals surface area contributed by atoms with E-state index in [2.05, 4.69) is 5.32 Å². The lowest BCUT2D eigenvalue weighted by Crippen LogP contribution is -2.46.